The monoisotopic (exact) mass is 331 g/mol. The van der Waals surface area contributed by atoms with Crippen LogP contribution in [0.3, 0.4) is 0 Å². The van der Waals surface area contributed by atoms with E-state index in [4.69, 9.17) is 9.47 Å². The summed E-state index contributed by atoms with van der Waals surface area (Å²) in [5.41, 5.74) is 0.864. The standard InChI is InChI=1S/C17H17NO6/c1-12-4-3-5-14(10-12)23-8-9-24-16-7-6-13(17(19)22-2)11-15(16)18(20)21/h3-7,10-11H,8-9H2,1-2H3. The molecule has 7 heteroatoms. The zero-order valence-corrected chi connectivity index (χ0v) is 13.4. The van der Waals surface area contributed by atoms with Crippen LogP contribution >= 0.6 is 0 Å². The average Bonchev–Trinajstić information content (AvgIpc) is 2.58. The Kier molecular flexibility index (Phi) is 5.73. The van der Waals surface area contributed by atoms with E-state index in [1.807, 2.05) is 31.2 Å². The van der Waals surface area contributed by atoms with E-state index in [9.17, 15) is 14.9 Å². The van der Waals surface area contributed by atoms with E-state index >= 15 is 0 Å². The van der Waals surface area contributed by atoms with Gasteiger partial charge in [0.25, 0.3) is 0 Å². The van der Waals surface area contributed by atoms with Crippen LogP contribution in [0.5, 0.6) is 11.5 Å². The molecule has 0 saturated carbocycles. The Hall–Kier alpha value is -3.09. The van der Waals surface area contributed by atoms with Gasteiger partial charge in [-0.1, -0.05) is 12.1 Å². The van der Waals surface area contributed by atoms with Gasteiger partial charge in [-0.3, -0.25) is 10.1 Å². The summed E-state index contributed by atoms with van der Waals surface area (Å²) in [5.74, 6) is 0.127. The van der Waals surface area contributed by atoms with Gasteiger partial charge in [0.05, 0.1) is 17.6 Å². The number of nitrogens with zero attached hydrogens (tertiary/aromatic N) is 1. The summed E-state index contributed by atoms with van der Waals surface area (Å²) in [6, 6.07) is 11.4. The minimum absolute atomic E-state index is 0.0699. The van der Waals surface area contributed by atoms with Crippen molar-refractivity contribution in [2.24, 2.45) is 0 Å². The van der Waals surface area contributed by atoms with E-state index in [0.29, 0.717) is 5.75 Å². The highest BCUT2D eigenvalue weighted by atomic mass is 16.6. The summed E-state index contributed by atoms with van der Waals surface area (Å²) in [4.78, 5) is 21.9. The van der Waals surface area contributed by atoms with Crippen LogP contribution in [0.2, 0.25) is 0 Å². The fourth-order valence-corrected chi connectivity index (χ4v) is 2.04. The zero-order chi connectivity index (χ0) is 17.5. The predicted molar refractivity (Wildman–Crippen MR) is 86.6 cm³/mol. The highest BCUT2D eigenvalue weighted by molar-refractivity contribution is 5.90. The molecule has 2 aromatic rings. The Morgan fingerprint density at radius 2 is 1.88 bits per heavy atom. The van der Waals surface area contributed by atoms with Crippen LogP contribution in [-0.2, 0) is 4.74 Å². The van der Waals surface area contributed by atoms with E-state index in [2.05, 4.69) is 4.74 Å². The quantitative estimate of drug-likeness (QED) is 0.335. The number of ether oxygens (including phenoxy) is 3. The number of rotatable bonds is 7. The maximum absolute atomic E-state index is 11.4. The number of carbonyl (C=O) groups is 1. The van der Waals surface area contributed by atoms with Crippen LogP contribution in [0.1, 0.15) is 15.9 Å². The highest BCUT2D eigenvalue weighted by Gasteiger charge is 2.19. The van der Waals surface area contributed by atoms with Gasteiger partial charge in [-0.2, -0.15) is 0 Å². The maximum atomic E-state index is 11.4. The molecule has 0 aliphatic carbocycles. The number of hydrogen-bond donors (Lipinski definition) is 0. The molecule has 0 radical (unpaired) electrons. The molecule has 0 aliphatic rings. The van der Waals surface area contributed by atoms with Crippen molar-refractivity contribution in [2.45, 2.75) is 6.92 Å². The minimum atomic E-state index is -0.646. The predicted octanol–water partition coefficient (Wildman–Crippen LogP) is 3.15. The first-order valence-corrected chi connectivity index (χ1v) is 7.20. The first kappa shape index (κ1) is 17.3. The van der Waals surface area contributed by atoms with Gasteiger partial charge in [-0.15, -0.1) is 0 Å². The summed E-state index contributed by atoms with van der Waals surface area (Å²) in [6.07, 6.45) is 0. The summed E-state index contributed by atoms with van der Waals surface area (Å²) < 4.78 is 15.5. The molecule has 0 spiro atoms. The lowest BCUT2D eigenvalue weighted by atomic mass is 10.2. The van der Waals surface area contributed by atoms with Crippen LogP contribution in [0.4, 0.5) is 5.69 Å². The van der Waals surface area contributed by atoms with Crippen molar-refractivity contribution >= 4 is 11.7 Å². The molecule has 7 nitrogen and oxygen atoms in total. The molecule has 126 valence electrons. The Labute approximate surface area is 138 Å². The van der Waals surface area contributed by atoms with Gasteiger partial charge < -0.3 is 14.2 Å². The number of hydrogen-bond acceptors (Lipinski definition) is 6. The molecule has 24 heavy (non-hydrogen) atoms. The SMILES string of the molecule is COC(=O)c1ccc(OCCOc2cccc(C)c2)c([N+](=O)[O-])c1. The van der Waals surface area contributed by atoms with E-state index in [1.165, 1.54) is 19.2 Å². The number of benzene rings is 2. The molecule has 0 bridgehead atoms. The van der Waals surface area contributed by atoms with Crippen molar-refractivity contribution < 1.29 is 23.9 Å². The third-order valence-corrected chi connectivity index (χ3v) is 3.18. The summed E-state index contributed by atoms with van der Waals surface area (Å²) in [7, 11) is 1.21. The van der Waals surface area contributed by atoms with E-state index < -0.39 is 10.9 Å². The number of nitro groups is 1. The van der Waals surface area contributed by atoms with Gasteiger partial charge in [0.1, 0.15) is 19.0 Å². The van der Waals surface area contributed by atoms with Gasteiger partial charge in [0.15, 0.2) is 5.75 Å². The van der Waals surface area contributed by atoms with Crippen molar-refractivity contribution in [3.05, 3.63) is 63.7 Å². The largest absolute Gasteiger partial charge is 0.490 e. The lowest BCUT2D eigenvalue weighted by molar-refractivity contribution is -0.385. The van der Waals surface area contributed by atoms with Crippen LogP contribution in [-0.4, -0.2) is 31.2 Å². The first-order valence-electron chi connectivity index (χ1n) is 7.20. The van der Waals surface area contributed by atoms with Crippen LogP contribution in [0.15, 0.2) is 42.5 Å². The van der Waals surface area contributed by atoms with E-state index in [0.717, 1.165) is 11.6 Å². The topological polar surface area (TPSA) is 87.9 Å². The second-order valence-corrected chi connectivity index (χ2v) is 4.94. The second kappa shape index (κ2) is 7.96. The van der Waals surface area contributed by atoms with Crippen LogP contribution in [0.25, 0.3) is 0 Å². The molecular weight excluding hydrogens is 314 g/mol. The summed E-state index contributed by atoms with van der Waals surface area (Å²) in [6.45, 7) is 2.32. The molecule has 2 rings (SSSR count). The molecule has 0 aliphatic heterocycles. The molecule has 0 atom stereocenters. The van der Waals surface area contributed by atoms with Gasteiger partial charge in [-0.25, -0.2) is 4.79 Å². The van der Waals surface area contributed by atoms with Crippen LogP contribution < -0.4 is 9.47 Å². The Morgan fingerprint density at radius 1 is 1.12 bits per heavy atom. The van der Waals surface area contributed by atoms with Crippen molar-refractivity contribution in [3.63, 3.8) is 0 Å². The molecule has 2 aromatic carbocycles. The Balaban J connectivity index is 1.99. The number of aryl methyl sites for hydroxylation is 1. The molecule has 0 amide bonds. The number of carbonyl (C=O) groups excluding carboxylic acids is 1. The molecule has 0 aromatic heterocycles. The second-order valence-electron chi connectivity index (χ2n) is 4.94. The summed E-state index contributed by atoms with van der Waals surface area (Å²) >= 11 is 0. The molecule has 0 fully saturated rings. The number of esters is 1. The van der Waals surface area contributed by atoms with Gasteiger partial charge >= 0.3 is 11.7 Å². The Morgan fingerprint density at radius 3 is 2.54 bits per heavy atom. The third-order valence-electron chi connectivity index (χ3n) is 3.18. The van der Waals surface area contributed by atoms with Crippen molar-refractivity contribution in [2.75, 3.05) is 20.3 Å². The first-order chi connectivity index (χ1) is 11.5. The third kappa shape index (κ3) is 4.45. The zero-order valence-electron chi connectivity index (χ0n) is 13.4. The highest BCUT2D eigenvalue weighted by Crippen LogP contribution is 2.28. The van der Waals surface area contributed by atoms with Crippen molar-refractivity contribution in [3.8, 4) is 11.5 Å². The fraction of sp³-hybridized carbons (Fsp3) is 0.235. The van der Waals surface area contributed by atoms with E-state index in [-0.39, 0.29) is 30.2 Å². The summed E-state index contributed by atoms with van der Waals surface area (Å²) in [5, 5.41) is 11.1. The average molecular weight is 331 g/mol. The van der Waals surface area contributed by atoms with Crippen LogP contribution in [0, 0.1) is 17.0 Å². The molecule has 0 heterocycles. The van der Waals surface area contributed by atoms with Gasteiger partial charge in [0, 0.05) is 6.07 Å². The van der Waals surface area contributed by atoms with Crippen molar-refractivity contribution in [1.29, 1.82) is 0 Å². The molecule has 0 saturated heterocycles. The van der Waals surface area contributed by atoms with Gasteiger partial charge in [-0.05, 0) is 36.8 Å². The molecule has 0 unspecified atom stereocenters. The number of nitro benzene ring substituents is 1. The maximum Gasteiger partial charge on any atom is 0.338 e. The van der Waals surface area contributed by atoms with Crippen molar-refractivity contribution in [1.82, 2.24) is 0 Å². The Bertz CT molecular complexity index is 744. The van der Waals surface area contributed by atoms with Gasteiger partial charge in [0.2, 0.25) is 0 Å². The van der Waals surface area contributed by atoms with E-state index in [1.54, 1.807) is 0 Å². The molecular formula is C17H17NO6. The minimum Gasteiger partial charge on any atom is -0.490 e. The fourth-order valence-electron chi connectivity index (χ4n) is 2.04. The lowest BCUT2D eigenvalue weighted by Gasteiger charge is -2.09. The number of methoxy groups -OCH3 is 1. The lowest BCUT2D eigenvalue weighted by Crippen LogP contribution is -2.10. The smallest absolute Gasteiger partial charge is 0.338 e. The molecule has 0 N–H and O–H groups in total. The normalized spacial score (nSPS) is 10.1.